The van der Waals surface area contributed by atoms with Crippen LogP contribution in [0.3, 0.4) is 0 Å². The quantitative estimate of drug-likeness (QED) is 0.779. The Hall–Kier alpha value is -2.55. The van der Waals surface area contributed by atoms with Gasteiger partial charge in [-0.15, -0.1) is 0 Å². The van der Waals surface area contributed by atoms with E-state index in [4.69, 9.17) is 14.4 Å². The van der Waals surface area contributed by atoms with Gasteiger partial charge in [-0.25, -0.2) is 4.79 Å². The van der Waals surface area contributed by atoms with E-state index in [1.54, 1.807) is 26.8 Å². The van der Waals surface area contributed by atoms with Crippen molar-refractivity contribution in [2.45, 2.75) is 32.9 Å². The topological polar surface area (TPSA) is 85.2 Å². The van der Waals surface area contributed by atoms with E-state index in [-0.39, 0.29) is 6.54 Å². The van der Waals surface area contributed by atoms with Crippen molar-refractivity contribution in [1.82, 2.24) is 4.57 Å². The molecule has 0 bridgehead atoms. The Bertz CT molecular complexity index is 756. The molecule has 0 saturated carbocycles. The number of carbonyl (C=O) groups excluding carboxylic acids is 1. The number of fused-ring (bicyclic) bond motifs is 1. The fraction of sp³-hybridized carbons (Fsp3) is 0.357. The molecule has 0 aliphatic heterocycles. The number of hydrogen-bond donors (Lipinski definition) is 0. The number of benzene rings is 1. The lowest BCUT2D eigenvalue weighted by molar-refractivity contribution is -0.155. The Morgan fingerprint density at radius 1 is 1.45 bits per heavy atom. The molecular formula is C14H14N2O4. The molecule has 0 aliphatic rings. The average Bonchev–Trinajstić information content (AvgIpc) is 2.63. The molecule has 1 aromatic carbocycles. The molecule has 6 heteroatoms. The summed E-state index contributed by atoms with van der Waals surface area (Å²) in [5.74, 6) is -1.19. The van der Waals surface area contributed by atoms with Gasteiger partial charge in [0.2, 0.25) is 0 Å². The lowest BCUT2D eigenvalue weighted by atomic mass is 10.2. The molecule has 1 aromatic heterocycles. The minimum Gasteiger partial charge on any atom is -0.459 e. The summed E-state index contributed by atoms with van der Waals surface area (Å²) < 4.78 is 11.3. The SMILES string of the molecule is CC(C)(C)OC(=O)Cn1c(=O)oc2ccc(C#N)cc21. The fourth-order valence-corrected chi connectivity index (χ4v) is 1.78. The third-order valence-corrected chi connectivity index (χ3v) is 2.50. The van der Waals surface area contributed by atoms with Gasteiger partial charge in [0.1, 0.15) is 12.1 Å². The van der Waals surface area contributed by atoms with Crippen molar-refractivity contribution in [2.75, 3.05) is 0 Å². The van der Waals surface area contributed by atoms with Gasteiger partial charge in [0.15, 0.2) is 5.58 Å². The molecule has 0 amide bonds. The van der Waals surface area contributed by atoms with Crippen molar-refractivity contribution in [1.29, 1.82) is 5.26 Å². The van der Waals surface area contributed by atoms with Crippen molar-refractivity contribution in [3.8, 4) is 6.07 Å². The molecule has 0 radical (unpaired) electrons. The molecule has 20 heavy (non-hydrogen) atoms. The van der Waals surface area contributed by atoms with Gasteiger partial charge in [-0.1, -0.05) is 0 Å². The molecule has 0 aliphatic carbocycles. The summed E-state index contributed by atoms with van der Waals surface area (Å²) >= 11 is 0. The van der Waals surface area contributed by atoms with Crippen molar-refractivity contribution in [2.24, 2.45) is 0 Å². The summed E-state index contributed by atoms with van der Waals surface area (Å²) in [6, 6.07) is 6.55. The number of ether oxygens (including phenoxy) is 1. The second-order valence-electron chi connectivity index (χ2n) is 5.33. The van der Waals surface area contributed by atoms with Crippen LogP contribution in [-0.2, 0) is 16.1 Å². The van der Waals surface area contributed by atoms with Crippen LogP contribution in [0.4, 0.5) is 0 Å². The second-order valence-corrected chi connectivity index (χ2v) is 5.33. The molecule has 0 fully saturated rings. The molecule has 0 saturated heterocycles. The van der Waals surface area contributed by atoms with Crippen LogP contribution in [0, 0.1) is 11.3 Å². The predicted molar refractivity (Wildman–Crippen MR) is 71.0 cm³/mol. The Balaban J connectivity index is 2.39. The molecule has 0 unspecified atom stereocenters. The maximum absolute atomic E-state index is 11.8. The number of oxazole rings is 1. The molecule has 2 aromatic rings. The first-order chi connectivity index (χ1) is 9.30. The van der Waals surface area contributed by atoms with Crippen LogP contribution in [0.15, 0.2) is 27.4 Å². The average molecular weight is 274 g/mol. The fourth-order valence-electron chi connectivity index (χ4n) is 1.78. The molecule has 0 N–H and O–H groups in total. The van der Waals surface area contributed by atoms with Gasteiger partial charge in [0.25, 0.3) is 0 Å². The molecule has 104 valence electrons. The van der Waals surface area contributed by atoms with Crippen LogP contribution >= 0.6 is 0 Å². The van der Waals surface area contributed by atoms with Crippen molar-refractivity contribution < 1.29 is 13.9 Å². The van der Waals surface area contributed by atoms with E-state index in [0.717, 1.165) is 4.57 Å². The Morgan fingerprint density at radius 2 is 2.15 bits per heavy atom. The number of nitrogens with zero attached hydrogens (tertiary/aromatic N) is 2. The maximum Gasteiger partial charge on any atom is 0.420 e. The summed E-state index contributed by atoms with van der Waals surface area (Å²) in [7, 11) is 0. The van der Waals surface area contributed by atoms with Gasteiger partial charge in [0.05, 0.1) is 17.1 Å². The summed E-state index contributed by atoms with van der Waals surface area (Å²) in [6.45, 7) is 4.98. The van der Waals surface area contributed by atoms with E-state index in [0.29, 0.717) is 16.7 Å². The van der Waals surface area contributed by atoms with Gasteiger partial charge in [-0.3, -0.25) is 9.36 Å². The lowest BCUT2D eigenvalue weighted by Crippen LogP contribution is -2.29. The second kappa shape index (κ2) is 4.85. The van der Waals surface area contributed by atoms with Gasteiger partial charge in [-0.2, -0.15) is 5.26 Å². The zero-order valence-corrected chi connectivity index (χ0v) is 11.5. The summed E-state index contributed by atoms with van der Waals surface area (Å²) in [5.41, 5.74) is 0.492. The minimum absolute atomic E-state index is 0.252. The predicted octanol–water partition coefficient (Wildman–Crippen LogP) is 1.81. The van der Waals surface area contributed by atoms with Gasteiger partial charge in [-0.05, 0) is 39.0 Å². The largest absolute Gasteiger partial charge is 0.459 e. The first kappa shape index (κ1) is 13.9. The first-order valence-electron chi connectivity index (χ1n) is 6.05. The number of nitriles is 1. The first-order valence-corrected chi connectivity index (χ1v) is 6.05. The van der Waals surface area contributed by atoms with E-state index in [2.05, 4.69) is 0 Å². The van der Waals surface area contributed by atoms with Crippen LogP contribution < -0.4 is 5.76 Å². The molecular weight excluding hydrogens is 260 g/mol. The highest BCUT2D eigenvalue weighted by atomic mass is 16.6. The van der Waals surface area contributed by atoms with Crippen LogP contribution in [0.1, 0.15) is 26.3 Å². The number of esters is 1. The van der Waals surface area contributed by atoms with E-state index in [9.17, 15) is 9.59 Å². The minimum atomic E-state index is -0.652. The standard InChI is InChI=1S/C14H14N2O4/c1-14(2,3)20-12(17)8-16-10-6-9(7-15)4-5-11(10)19-13(16)18/h4-6H,8H2,1-3H3. The maximum atomic E-state index is 11.8. The van der Waals surface area contributed by atoms with Crippen molar-refractivity contribution in [3.05, 3.63) is 34.3 Å². The van der Waals surface area contributed by atoms with E-state index >= 15 is 0 Å². The zero-order valence-electron chi connectivity index (χ0n) is 11.5. The van der Waals surface area contributed by atoms with E-state index in [1.807, 2.05) is 6.07 Å². The van der Waals surface area contributed by atoms with E-state index < -0.39 is 17.3 Å². The third kappa shape index (κ3) is 2.88. The monoisotopic (exact) mass is 274 g/mol. The van der Waals surface area contributed by atoms with Crippen LogP contribution in [-0.4, -0.2) is 16.1 Å². The Kier molecular flexibility index (Phi) is 3.36. The van der Waals surface area contributed by atoms with Crippen LogP contribution in [0.2, 0.25) is 0 Å². The van der Waals surface area contributed by atoms with Gasteiger partial charge < -0.3 is 9.15 Å². The Labute approximate surface area is 115 Å². The number of carbonyl (C=O) groups is 1. The molecule has 0 spiro atoms. The highest BCUT2D eigenvalue weighted by molar-refractivity contribution is 5.77. The molecule has 1 heterocycles. The third-order valence-electron chi connectivity index (χ3n) is 2.50. The molecule has 0 atom stereocenters. The summed E-state index contributed by atoms with van der Waals surface area (Å²) in [5, 5.41) is 8.87. The highest BCUT2D eigenvalue weighted by Crippen LogP contribution is 2.15. The van der Waals surface area contributed by atoms with Crippen LogP contribution in [0.5, 0.6) is 0 Å². The van der Waals surface area contributed by atoms with Gasteiger partial charge in [0, 0.05) is 0 Å². The number of hydrogen-bond acceptors (Lipinski definition) is 5. The molecule has 2 rings (SSSR count). The normalized spacial score (nSPS) is 11.3. The highest BCUT2D eigenvalue weighted by Gasteiger charge is 2.19. The Morgan fingerprint density at radius 3 is 2.75 bits per heavy atom. The number of aromatic nitrogens is 1. The van der Waals surface area contributed by atoms with Crippen molar-refractivity contribution in [3.63, 3.8) is 0 Å². The smallest absolute Gasteiger partial charge is 0.420 e. The lowest BCUT2D eigenvalue weighted by Gasteiger charge is -2.19. The number of rotatable bonds is 2. The zero-order chi connectivity index (χ0) is 14.9. The summed E-state index contributed by atoms with van der Waals surface area (Å²) in [4.78, 5) is 23.5. The van der Waals surface area contributed by atoms with Gasteiger partial charge >= 0.3 is 11.7 Å². The summed E-state index contributed by atoms with van der Waals surface area (Å²) in [6.07, 6.45) is 0. The van der Waals surface area contributed by atoms with Crippen LogP contribution in [0.25, 0.3) is 11.1 Å². The van der Waals surface area contributed by atoms with E-state index in [1.165, 1.54) is 12.1 Å². The molecule has 6 nitrogen and oxygen atoms in total. The van der Waals surface area contributed by atoms with Crippen molar-refractivity contribution >= 4 is 17.1 Å².